The molecule has 0 unspecified atom stereocenters. The lowest BCUT2D eigenvalue weighted by Crippen LogP contribution is -2.16. The van der Waals surface area contributed by atoms with Gasteiger partial charge in [0.2, 0.25) is 5.88 Å². The molecule has 1 aromatic heterocycles. The summed E-state index contributed by atoms with van der Waals surface area (Å²) in [6.07, 6.45) is -0.0479. The van der Waals surface area contributed by atoms with E-state index in [1.54, 1.807) is 38.1 Å². The van der Waals surface area contributed by atoms with Crippen LogP contribution >= 0.6 is 0 Å². The van der Waals surface area contributed by atoms with Crippen LogP contribution in [0.5, 0.6) is 5.88 Å². The zero-order valence-corrected chi connectivity index (χ0v) is 14.1. The number of nitrogens with zero attached hydrogens (tertiary/aromatic N) is 1. The fourth-order valence-electron chi connectivity index (χ4n) is 2.25. The number of nitrogens with one attached hydrogen (secondary N) is 1. The molecule has 1 aromatic carbocycles. The minimum absolute atomic E-state index is 0.0479. The minimum Gasteiger partial charge on any atom is -0.478 e. The van der Waals surface area contributed by atoms with Crippen LogP contribution in [0.3, 0.4) is 0 Å². The third-order valence-electron chi connectivity index (χ3n) is 3.36. The van der Waals surface area contributed by atoms with Crippen molar-refractivity contribution in [2.45, 2.75) is 33.8 Å². The van der Waals surface area contributed by atoms with Gasteiger partial charge in [-0.3, -0.25) is 4.79 Å². The van der Waals surface area contributed by atoms with Crippen molar-refractivity contribution in [1.29, 1.82) is 0 Å². The van der Waals surface area contributed by atoms with Crippen LogP contribution in [0.4, 0.5) is 5.69 Å². The Morgan fingerprint density at radius 3 is 2.50 bits per heavy atom. The highest BCUT2D eigenvalue weighted by Gasteiger charge is 2.14. The van der Waals surface area contributed by atoms with Crippen LogP contribution in [0.1, 0.15) is 45.8 Å². The van der Waals surface area contributed by atoms with E-state index in [9.17, 15) is 14.7 Å². The number of rotatable bonds is 5. The molecule has 0 saturated carbocycles. The number of ether oxygens (including phenoxy) is 1. The van der Waals surface area contributed by atoms with Gasteiger partial charge in [-0.15, -0.1) is 0 Å². The van der Waals surface area contributed by atoms with Crippen LogP contribution in [0.25, 0.3) is 0 Å². The monoisotopic (exact) mass is 328 g/mol. The van der Waals surface area contributed by atoms with Gasteiger partial charge in [0.1, 0.15) is 5.69 Å². The molecule has 2 rings (SSSR count). The molecule has 24 heavy (non-hydrogen) atoms. The standard InChI is InChI=1S/C18H20N2O4/c1-10(2)24-16-7-5-6-14(19-16)17(21)20-15-9-13(18(22)23)11(3)8-12(15)4/h5-10H,1-4H3,(H,20,21)(H,22,23). The van der Waals surface area contributed by atoms with E-state index >= 15 is 0 Å². The van der Waals surface area contributed by atoms with Gasteiger partial charge < -0.3 is 15.2 Å². The number of hydrogen-bond acceptors (Lipinski definition) is 4. The molecular weight excluding hydrogens is 308 g/mol. The molecule has 0 fully saturated rings. The van der Waals surface area contributed by atoms with Crippen molar-refractivity contribution in [3.8, 4) is 5.88 Å². The van der Waals surface area contributed by atoms with Crippen LogP contribution in [0.15, 0.2) is 30.3 Å². The van der Waals surface area contributed by atoms with Crippen molar-refractivity contribution < 1.29 is 19.4 Å². The smallest absolute Gasteiger partial charge is 0.336 e. The van der Waals surface area contributed by atoms with Crippen molar-refractivity contribution in [3.63, 3.8) is 0 Å². The molecule has 2 aromatic rings. The van der Waals surface area contributed by atoms with Gasteiger partial charge in [0, 0.05) is 11.8 Å². The fourth-order valence-corrected chi connectivity index (χ4v) is 2.25. The van der Waals surface area contributed by atoms with Crippen LogP contribution in [0.2, 0.25) is 0 Å². The Bertz CT molecular complexity index is 785. The first-order chi connectivity index (χ1) is 11.3. The van der Waals surface area contributed by atoms with Crippen LogP contribution in [-0.2, 0) is 0 Å². The van der Waals surface area contributed by atoms with Gasteiger partial charge in [0.25, 0.3) is 5.91 Å². The summed E-state index contributed by atoms with van der Waals surface area (Å²) in [4.78, 5) is 27.8. The topological polar surface area (TPSA) is 88.5 Å². The lowest BCUT2D eigenvalue weighted by atomic mass is 10.0. The summed E-state index contributed by atoms with van der Waals surface area (Å²) in [7, 11) is 0. The van der Waals surface area contributed by atoms with E-state index in [-0.39, 0.29) is 17.4 Å². The fraction of sp³-hybridized carbons (Fsp3) is 0.278. The third-order valence-corrected chi connectivity index (χ3v) is 3.36. The molecule has 0 aliphatic heterocycles. The highest BCUT2D eigenvalue weighted by molar-refractivity contribution is 6.04. The summed E-state index contributed by atoms with van der Waals surface area (Å²) < 4.78 is 5.48. The Kier molecular flexibility index (Phi) is 5.18. The molecule has 2 N–H and O–H groups in total. The van der Waals surface area contributed by atoms with Gasteiger partial charge in [-0.1, -0.05) is 12.1 Å². The van der Waals surface area contributed by atoms with Gasteiger partial charge in [-0.05, 0) is 51.0 Å². The zero-order valence-electron chi connectivity index (χ0n) is 14.1. The maximum Gasteiger partial charge on any atom is 0.336 e. The molecule has 0 aliphatic carbocycles. The Labute approximate surface area is 140 Å². The number of carboxylic acid groups (broad SMARTS) is 1. The summed E-state index contributed by atoms with van der Waals surface area (Å²) in [5, 5.41) is 11.9. The van der Waals surface area contributed by atoms with E-state index in [1.807, 2.05) is 13.8 Å². The van der Waals surface area contributed by atoms with Crippen molar-refractivity contribution in [3.05, 3.63) is 52.7 Å². The number of anilines is 1. The highest BCUT2D eigenvalue weighted by atomic mass is 16.5. The van der Waals surface area contributed by atoms with Crippen LogP contribution in [-0.4, -0.2) is 28.1 Å². The normalized spacial score (nSPS) is 10.5. The first-order valence-corrected chi connectivity index (χ1v) is 7.57. The molecule has 0 bridgehead atoms. The lowest BCUT2D eigenvalue weighted by Gasteiger charge is -2.12. The Morgan fingerprint density at radius 2 is 1.88 bits per heavy atom. The molecule has 126 valence electrons. The molecule has 1 heterocycles. The van der Waals surface area contributed by atoms with Gasteiger partial charge in [-0.2, -0.15) is 0 Å². The molecular formula is C18H20N2O4. The van der Waals surface area contributed by atoms with Crippen molar-refractivity contribution in [2.75, 3.05) is 5.32 Å². The number of aromatic carboxylic acids is 1. The first kappa shape index (κ1) is 17.5. The maximum atomic E-state index is 12.4. The van der Waals surface area contributed by atoms with Crippen LogP contribution < -0.4 is 10.1 Å². The molecule has 0 spiro atoms. The zero-order chi connectivity index (χ0) is 17.9. The van der Waals surface area contributed by atoms with E-state index in [1.165, 1.54) is 6.07 Å². The summed E-state index contributed by atoms with van der Waals surface area (Å²) in [5.74, 6) is -1.09. The second-order valence-corrected chi connectivity index (χ2v) is 5.77. The molecule has 0 saturated heterocycles. The van der Waals surface area contributed by atoms with Gasteiger partial charge in [0.15, 0.2) is 0 Å². The summed E-state index contributed by atoms with van der Waals surface area (Å²) in [6.45, 7) is 7.27. The van der Waals surface area contributed by atoms with Gasteiger partial charge >= 0.3 is 5.97 Å². The third kappa shape index (κ3) is 4.10. The summed E-state index contributed by atoms with van der Waals surface area (Å²) in [6, 6.07) is 8.12. The van der Waals surface area contributed by atoms with Crippen molar-refractivity contribution in [2.24, 2.45) is 0 Å². The van der Waals surface area contributed by atoms with Crippen LogP contribution in [0, 0.1) is 13.8 Å². The highest BCUT2D eigenvalue weighted by Crippen LogP contribution is 2.21. The second kappa shape index (κ2) is 7.12. The minimum atomic E-state index is -1.03. The van der Waals surface area contributed by atoms with Crippen molar-refractivity contribution in [1.82, 2.24) is 4.98 Å². The SMILES string of the molecule is Cc1cc(C)c(C(=O)O)cc1NC(=O)c1cccc(OC(C)C)n1. The average molecular weight is 328 g/mol. The van der Waals surface area contributed by atoms with E-state index in [4.69, 9.17) is 4.74 Å². The number of carbonyl (C=O) groups is 2. The quantitative estimate of drug-likeness (QED) is 0.878. The largest absolute Gasteiger partial charge is 0.478 e. The maximum absolute atomic E-state index is 12.4. The Morgan fingerprint density at radius 1 is 1.17 bits per heavy atom. The number of aromatic nitrogens is 1. The number of amides is 1. The van der Waals surface area contributed by atoms with E-state index in [0.717, 1.165) is 5.56 Å². The predicted octanol–water partition coefficient (Wildman–Crippen LogP) is 3.44. The first-order valence-electron chi connectivity index (χ1n) is 7.57. The van der Waals surface area contributed by atoms with Gasteiger partial charge in [-0.25, -0.2) is 9.78 Å². The second-order valence-electron chi connectivity index (χ2n) is 5.77. The molecule has 6 heteroatoms. The number of carbonyl (C=O) groups excluding carboxylic acids is 1. The lowest BCUT2D eigenvalue weighted by molar-refractivity contribution is 0.0695. The van der Waals surface area contributed by atoms with Crippen molar-refractivity contribution >= 4 is 17.6 Å². The molecule has 1 amide bonds. The molecule has 0 atom stereocenters. The number of hydrogen-bond donors (Lipinski definition) is 2. The number of benzene rings is 1. The average Bonchev–Trinajstić information content (AvgIpc) is 2.49. The number of aryl methyl sites for hydroxylation is 2. The van der Waals surface area contributed by atoms with E-state index in [0.29, 0.717) is 17.1 Å². The predicted molar refractivity (Wildman–Crippen MR) is 90.8 cm³/mol. The van der Waals surface area contributed by atoms with Gasteiger partial charge in [0.05, 0.1) is 11.7 Å². The summed E-state index contributed by atoms with van der Waals surface area (Å²) in [5.41, 5.74) is 2.22. The number of carboxylic acids is 1. The summed E-state index contributed by atoms with van der Waals surface area (Å²) >= 11 is 0. The Hall–Kier alpha value is -2.89. The molecule has 0 radical (unpaired) electrons. The molecule has 6 nitrogen and oxygen atoms in total. The van der Waals surface area contributed by atoms with E-state index in [2.05, 4.69) is 10.3 Å². The number of pyridine rings is 1. The van der Waals surface area contributed by atoms with E-state index < -0.39 is 11.9 Å². The Balaban J connectivity index is 2.27. The molecule has 0 aliphatic rings.